The van der Waals surface area contributed by atoms with Crippen molar-refractivity contribution in [2.45, 2.75) is 51.4 Å². The number of aliphatic imine (C=N–C) groups is 1. The number of nitrogens with one attached hydrogen (secondary N) is 1. The minimum absolute atomic E-state index is 0.0485. The van der Waals surface area contributed by atoms with Crippen LogP contribution in [0.25, 0.3) is 0 Å². The lowest BCUT2D eigenvalue weighted by atomic mass is 9.86. The molecule has 1 spiro atoms. The van der Waals surface area contributed by atoms with Crippen molar-refractivity contribution >= 4 is 17.3 Å². The SMILES string of the molecule is Cc1ccc(C2=NC3(CCN(Cc4ccccc4)CC3)NC(c3cc(Cl)ccc3O)C2)c(C)c1. The lowest BCUT2D eigenvalue weighted by molar-refractivity contribution is 0.119. The molecule has 4 nitrogen and oxygen atoms in total. The van der Waals surface area contributed by atoms with Crippen LogP contribution in [-0.2, 0) is 6.54 Å². The number of rotatable bonds is 4. The highest BCUT2D eigenvalue weighted by molar-refractivity contribution is 6.30. The van der Waals surface area contributed by atoms with Crippen molar-refractivity contribution in [1.82, 2.24) is 10.2 Å². The number of phenolic OH excluding ortho intramolecular Hbond substituents is 1. The fourth-order valence-electron chi connectivity index (χ4n) is 5.38. The van der Waals surface area contributed by atoms with E-state index in [-0.39, 0.29) is 17.5 Å². The summed E-state index contributed by atoms with van der Waals surface area (Å²) in [7, 11) is 0. The van der Waals surface area contributed by atoms with Gasteiger partial charge in [-0.15, -0.1) is 0 Å². The molecule has 0 aromatic heterocycles. The second kappa shape index (κ2) is 9.53. The van der Waals surface area contributed by atoms with Gasteiger partial charge < -0.3 is 5.11 Å². The maximum Gasteiger partial charge on any atom is 0.120 e. The maximum absolute atomic E-state index is 10.7. The maximum atomic E-state index is 10.7. The zero-order valence-electron chi connectivity index (χ0n) is 19.9. The van der Waals surface area contributed by atoms with Crippen molar-refractivity contribution < 1.29 is 5.11 Å². The van der Waals surface area contributed by atoms with Crippen LogP contribution in [0.1, 0.15) is 53.1 Å². The molecule has 34 heavy (non-hydrogen) atoms. The van der Waals surface area contributed by atoms with Crippen LogP contribution in [0.2, 0.25) is 5.02 Å². The number of halogens is 1. The third-order valence-corrected chi connectivity index (χ3v) is 7.41. The highest BCUT2D eigenvalue weighted by atomic mass is 35.5. The Morgan fingerprint density at radius 1 is 1.03 bits per heavy atom. The van der Waals surface area contributed by atoms with Gasteiger partial charge in [-0.2, -0.15) is 0 Å². The number of phenols is 1. The molecule has 5 rings (SSSR count). The van der Waals surface area contributed by atoms with Gasteiger partial charge in [0.25, 0.3) is 0 Å². The topological polar surface area (TPSA) is 47.9 Å². The van der Waals surface area contributed by atoms with Gasteiger partial charge in [0.2, 0.25) is 0 Å². The van der Waals surface area contributed by atoms with E-state index >= 15 is 0 Å². The van der Waals surface area contributed by atoms with Gasteiger partial charge in [-0.05, 0) is 61.6 Å². The summed E-state index contributed by atoms with van der Waals surface area (Å²) in [5, 5.41) is 15.2. The molecule has 1 fully saturated rings. The van der Waals surface area contributed by atoms with Crippen molar-refractivity contribution in [2.75, 3.05) is 13.1 Å². The molecule has 0 radical (unpaired) electrons. The number of hydrogen-bond donors (Lipinski definition) is 2. The van der Waals surface area contributed by atoms with Crippen molar-refractivity contribution in [1.29, 1.82) is 0 Å². The number of benzene rings is 3. The molecule has 2 N–H and O–H groups in total. The van der Waals surface area contributed by atoms with E-state index in [1.807, 2.05) is 6.07 Å². The number of likely N-dealkylation sites (tertiary alicyclic amines) is 1. The van der Waals surface area contributed by atoms with Crippen LogP contribution in [0, 0.1) is 13.8 Å². The fourth-order valence-corrected chi connectivity index (χ4v) is 5.56. The van der Waals surface area contributed by atoms with E-state index < -0.39 is 0 Å². The van der Waals surface area contributed by atoms with Crippen molar-refractivity contribution in [3.8, 4) is 5.75 Å². The Hall–Kier alpha value is -2.66. The summed E-state index contributed by atoms with van der Waals surface area (Å²) in [6.45, 7) is 7.19. The summed E-state index contributed by atoms with van der Waals surface area (Å²) in [5.74, 6) is 0.278. The predicted octanol–water partition coefficient (Wildman–Crippen LogP) is 6.18. The third-order valence-electron chi connectivity index (χ3n) is 7.18. The van der Waals surface area contributed by atoms with E-state index in [1.54, 1.807) is 12.1 Å². The second-order valence-corrected chi connectivity index (χ2v) is 10.2. The summed E-state index contributed by atoms with van der Waals surface area (Å²) in [4.78, 5) is 7.88. The molecule has 176 valence electrons. The van der Waals surface area contributed by atoms with E-state index in [2.05, 4.69) is 72.6 Å². The number of nitrogens with zero attached hydrogens (tertiary/aromatic N) is 2. The summed E-state index contributed by atoms with van der Waals surface area (Å²) >= 11 is 6.33. The average Bonchev–Trinajstić information content (AvgIpc) is 2.83. The van der Waals surface area contributed by atoms with Crippen molar-refractivity contribution in [3.05, 3.63) is 99.6 Å². The first-order valence-corrected chi connectivity index (χ1v) is 12.5. The normalized spacial score (nSPS) is 20.3. The number of aromatic hydroxyl groups is 1. The van der Waals surface area contributed by atoms with E-state index in [9.17, 15) is 5.11 Å². The first-order chi connectivity index (χ1) is 16.4. The van der Waals surface area contributed by atoms with Crippen LogP contribution >= 0.6 is 11.6 Å². The fraction of sp³-hybridized carbons (Fsp3) is 0.345. The molecule has 2 heterocycles. The molecule has 0 aliphatic carbocycles. The van der Waals surface area contributed by atoms with Gasteiger partial charge in [0.05, 0.1) is 0 Å². The Bertz CT molecular complexity index is 1200. The second-order valence-electron chi connectivity index (χ2n) is 9.77. The van der Waals surface area contributed by atoms with E-state index in [4.69, 9.17) is 16.6 Å². The first kappa shape index (κ1) is 23.1. The van der Waals surface area contributed by atoms with Crippen LogP contribution in [0.4, 0.5) is 0 Å². The summed E-state index contributed by atoms with van der Waals surface area (Å²) < 4.78 is 0. The van der Waals surface area contributed by atoms with Crippen LogP contribution < -0.4 is 5.32 Å². The zero-order chi connectivity index (χ0) is 23.7. The molecule has 0 amide bonds. The first-order valence-electron chi connectivity index (χ1n) is 12.1. The summed E-state index contributed by atoms with van der Waals surface area (Å²) in [6.07, 6.45) is 2.56. The smallest absolute Gasteiger partial charge is 0.120 e. The molecule has 2 aliphatic rings. The van der Waals surface area contributed by atoms with Crippen LogP contribution in [0.3, 0.4) is 0 Å². The van der Waals surface area contributed by atoms with Gasteiger partial charge in [-0.1, -0.05) is 65.7 Å². The molecule has 5 heteroatoms. The Balaban J connectivity index is 1.45. The van der Waals surface area contributed by atoms with Gasteiger partial charge in [0.1, 0.15) is 11.4 Å². The van der Waals surface area contributed by atoms with Crippen molar-refractivity contribution in [3.63, 3.8) is 0 Å². The number of hydrogen-bond acceptors (Lipinski definition) is 4. The molecule has 0 bridgehead atoms. The van der Waals surface area contributed by atoms with E-state index in [1.165, 1.54) is 22.3 Å². The molecular weight excluding hydrogens is 442 g/mol. The third kappa shape index (κ3) is 4.90. The molecular formula is C29H32ClN3O. The minimum atomic E-state index is -0.350. The van der Waals surface area contributed by atoms with Gasteiger partial charge in [-0.3, -0.25) is 15.2 Å². The Labute approximate surface area is 207 Å². The molecule has 3 aromatic rings. The predicted molar refractivity (Wildman–Crippen MR) is 140 cm³/mol. The van der Waals surface area contributed by atoms with Crippen LogP contribution in [0.5, 0.6) is 5.75 Å². The molecule has 2 aliphatic heterocycles. The zero-order valence-corrected chi connectivity index (χ0v) is 20.6. The largest absolute Gasteiger partial charge is 0.508 e. The highest BCUT2D eigenvalue weighted by Crippen LogP contribution is 2.39. The minimum Gasteiger partial charge on any atom is -0.508 e. The molecule has 3 aromatic carbocycles. The van der Waals surface area contributed by atoms with Gasteiger partial charge in [0, 0.05) is 48.4 Å². The quantitative estimate of drug-likeness (QED) is 0.475. The van der Waals surface area contributed by atoms with E-state index in [0.29, 0.717) is 11.4 Å². The lowest BCUT2D eigenvalue weighted by Gasteiger charge is -2.45. The molecule has 1 unspecified atom stereocenters. The Morgan fingerprint density at radius 3 is 2.53 bits per heavy atom. The highest BCUT2D eigenvalue weighted by Gasteiger charge is 2.40. The Morgan fingerprint density at radius 2 is 1.79 bits per heavy atom. The summed E-state index contributed by atoms with van der Waals surface area (Å²) in [5.41, 5.74) is 6.64. The van der Waals surface area contributed by atoms with Crippen LogP contribution in [-0.4, -0.2) is 34.5 Å². The van der Waals surface area contributed by atoms with Crippen molar-refractivity contribution in [2.24, 2.45) is 4.99 Å². The summed E-state index contributed by atoms with van der Waals surface area (Å²) in [6, 6.07) is 22.5. The standard InChI is InChI=1S/C29H32ClN3O/c1-20-8-10-24(21(2)16-20)26-18-27(25-17-23(30)9-11-28(25)34)32-29(31-26)12-14-33(15-13-29)19-22-6-4-3-5-7-22/h3-11,16-17,27,32,34H,12-15,18-19H2,1-2H3. The number of piperidine rings is 1. The molecule has 0 saturated carbocycles. The van der Waals surface area contributed by atoms with Gasteiger partial charge in [0.15, 0.2) is 0 Å². The number of aryl methyl sites for hydroxylation is 2. The molecule has 1 atom stereocenters. The average molecular weight is 474 g/mol. The van der Waals surface area contributed by atoms with Gasteiger partial charge in [-0.25, -0.2) is 0 Å². The molecule has 1 saturated heterocycles. The lowest BCUT2D eigenvalue weighted by Crippen LogP contribution is -2.55. The van der Waals surface area contributed by atoms with Gasteiger partial charge >= 0.3 is 0 Å². The Kier molecular flexibility index (Phi) is 6.48. The monoisotopic (exact) mass is 473 g/mol. The van der Waals surface area contributed by atoms with Crippen LogP contribution in [0.15, 0.2) is 71.7 Å². The van der Waals surface area contributed by atoms with E-state index in [0.717, 1.165) is 43.8 Å².